The quantitative estimate of drug-likeness (QED) is 0.638. The molecule has 3 amide bonds. The summed E-state index contributed by atoms with van der Waals surface area (Å²) >= 11 is 0. The third kappa shape index (κ3) is 3.32. The van der Waals surface area contributed by atoms with Crippen LogP contribution in [-0.2, 0) is 4.79 Å². The van der Waals surface area contributed by atoms with Crippen molar-refractivity contribution in [3.05, 3.63) is 65.7 Å². The second kappa shape index (κ2) is 7.82. The fourth-order valence-corrected chi connectivity index (χ4v) is 3.43. The van der Waals surface area contributed by atoms with E-state index in [0.29, 0.717) is 28.4 Å². The summed E-state index contributed by atoms with van der Waals surface area (Å²) in [5.41, 5.74) is 2.28. The Morgan fingerprint density at radius 3 is 2.27 bits per heavy atom. The zero-order valence-corrected chi connectivity index (χ0v) is 16.6. The van der Waals surface area contributed by atoms with Crippen molar-refractivity contribution in [2.45, 2.75) is 6.42 Å². The van der Waals surface area contributed by atoms with E-state index < -0.39 is 0 Å². The Morgan fingerprint density at radius 1 is 1.03 bits per heavy atom. The summed E-state index contributed by atoms with van der Waals surface area (Å²) in [7, 11) is 3.19. The number of aromatic nitrogens is 2. The minimum Gasteiger partial charge on any atom is -0.496 e. The Hall–Kier alpha value is -3.94. The molecule has 0 saturated carbocycles. The summed E-state index contributed by atoms with van der Waals surface area (Å²) in [6.07, 6.45) is -0.00117. The molecule has 152 valence electrons. The van der Waals surface area contributed by atoms with E-state index in [4.69, 9.17) is 4.74 Å². The standard InChI is InChI=1S/C22H20N4O4/c1-25(19-13-17(23-24-19)16-9-5-6-10-18(16)30-2)20(27)11-12-26-21(28)14-7-3-4-8-15(14)22(26)29/h3-10,13H,11-12H2,1-2H3,(H,23,24). The molecule has 3 aromatic rings. The first-order valence-electron chi connectivity index (χ1n) is 9.42. The van der Waals surface area contributed by atoms with Gasteiger partial charge in [0.1, 0.15) is 5.75 Å². The number of ether oxygens (including phenoxy) is 1. The van der Waals surface area contributed by atoms with Gasteiger partial charge in [-0.15, -0.1) is 0 Å². The molecule has 30 heavy (non-hydrogen) atoms. The fourth-order valence-electron chi connectivity index (χ4n) is 3.43. The van der Waals surface area contributed by atoms with Gasteiger partial charge < -0.3 is 4.74 Å². The first kappa shape index (κ1) is 19.4. The van der Waals surface area contributed by atoms with Crippen LogP contribution < -0.4 is 9.64 Å². The Kier molecular flexibility index (Phi) is 5.05. The van der Waals surface area contributed by atoms with Crippen LogP contribution >= 0.6 is 0 Å². The van der Waals surface area contributed by atoms with Crippen molar-refractivity contribution in [2.24, 2.45) is 0 Å². The van der Waals surface area contributed by atoms with Crippen molar-refractivity contribution in [3.63, 3.8) is 0 Å². The molecule has 0 atom stereocenters. The summed E-state index contributed by atoms with van der Waals surface area (Å²) < 4.78 is 5.36. The number of methoxy groups -OCH3 is 1. The number of para-hydroxylation sites is 1. The van der Waals surface area contributed by atoms with Gasteiger partial charge >= 0.3 is 0 Å². The molecule has 0 bridgehead atoms. The maximum absolute atomic E-state index is 12.7. The molecule has 8 heteroatoms. The molecule has 2 aromatic carbocycles. The summed E-state index contributed by atoms with van der Waals surface area (Å²) in [5, 5.41) is 7.12. The lowest BCUT2D eigenvalue weighted by Gasteiger charge is -2.17. The van der Waals surface area contributed by atoms with Gasteiger partial charge in [-0.1, -0.05) is 24.3 Å². The molecule has 1 aromatic heterocycles. The van der Waals surface area contributed by atoms with Crippen molar-refractivity contribution in [3.8, 4) is 17.0 Å². The molecule has 0 unspecified atom stereocenters. The number of hydrogen-bond donors (Lipinski definition) is 1. The highest BCUT2D eigenvalue weighted by Gasteiger charge is 2.35. The molecule has 0 spiro atoms. The van der Waals surface area contributed by atoms with Gasteiger partial charge in [0.25, 0.3) is 11.8 Å². The van der Waals surface area contributed by atoms with E-state index in [1.165, 1.54) is 4.90 Å². The minimum atomic E-state index is -0.371. The van der Waals surface area contributed by atoms with Crippen LogP contribution in [0.4, 0.5) is 5.82 Å². The molecular formula is C22H20N4O4. The predicted octanol–water partition coefficient (Wildman–Crippen LogP) is 2.73. The van der Waals surface area contributed by atoms with Crippen molar-refractivity contribution in [1.82, 2.24) is 15.1 Å². The van der Waals surface area contributed by atoms with Gasteiger partial charge in [-0.05, 0) is 24.3 Å². The topological polar surface area (TPSA) is 95.6 Å². The number of carbonyl (C=O) groups excluding carboxylic acids is 3. The number of benzene rings is 2. The fraction of sp³-hybridized carbons (Fsp3) is 0.182. The predicted molar refractivity (Wildman–Crippen MR) is 110 cm³/mol. The largest absolute Gasteiger partial charge is 0.496 e. The second-order valence-electron chi connectivity index (χ2n) is 6.85. The minimum absolute atomic E-state index is 0.00117. The summed E-state index contributed by atoms with van der Waals surface area (Å²) in [6.45, 7) is 0.0132. The van der Waals surface area contributed by atoms with Gasteiger partial charge in [0.05, 0.1) is 23.9 Å². The number of nitrogens with zero attached hydrogens (tertiary/aromatic N) is 3. The maximum atomic E-state index is 12.7. The number of imide groups is 1. The zero-order chi connectivity index (χ0) is 21.3. The number of H-pyrrole nitrogens is 1. The average molecular weight is 404 g/mol. The lowest BCUT2D eigenvalue weighted by molar-refractivity contribution is -0.118. The van der Waals surface area contributed by atoms with Gasteiger partial charge in [-0.2, -0.15) is 5.10 Å². The highest BCUT2D eigenvalue weighted by atomic mass is 16.5. The third-order valence-corrected chi connectivity index (χ3v) is 5.11. The van der Waals surface area contributed by atoms with Crippen LogP contribution in [0.15, 0.2) is 54.6 Å². The number of nitrogens with one attached hydrogen (secondary N) is 1. The number of hydrogen-bond acceptors (Lipinski definition) is 5. The molecule has 1 N–H and O–H groups in total. The highest BCUT2D eigenvalue weighted by Crippen LogP contribution is 2.30. The van der Waals surface area contributed by atoms with Crippen molar-refractivity contribution < 1.29 is 19.1 Å². The van der Waals surface area contributed by atoms with Crippen LogP contribution in [0, 0.1) is 0 Å². The Bertz CT molecular complexity index is 1100. The first-order chi connectivity index (χ1) is 14.5. The van der Waals surface area contributed by atoms with Crippen LogP contribution in [0.5, 0.6) is 5.75 Å². The molecule has 8 nitrogen and oxygen atoms in total. The zero-order valence-electron chi connectivity index (χ0n) is 16.6. The summed E-state index contributed by atoms with van der Waals surface area (Å²) in [4.78, 5) is 40.0. The van der Waals surface area contributed by atoms with E-state index in [1.54, 1.807) is 44.5 Å². The maximum Gasteiger partial charge on any atom is 0.261 e. The van der Waals surface area contributed by atoms with Crippen molar-refractivity contribution >= 4 is 23.5 Å². The monoisotopic (exact) mass is 404 g/mol. The van der Waals surface area contributed by atoms with Gasteiger partial charge in [-0.3, -0.25) is 29.3 Å². The van der Waals surface area contributed by atoms with Gasteiger partial charge in [0.2, 0.25) is 5.91 Å². The molecule has 1 aliphatic rings. The van der Waals surface area contributed by atoms with Crippen LogP contribution in [-0.4, -0.2) is 53.5 Å². The summed E-state index contributed by atoms with van der Waals surface area (Å²) in [6, 6.07) is 15.9. The van der Waals surface area contributed by atoms with Crippen LogP contribution in [0.25, 0.3) is 11.3 Å². The van der Waals surface area contributed by atoms with E-state index in [0.717, 1.165) is 10.5 Å². The van der Waals surface area contributed by atoms with E-state index in [9.17, 15) is 14.4 Å². The summed E-state index contributed by atoms with van der Waals surface area (Å²) in [5.74, 6) is 0.119. The van der Waals surface area contributed by atoms with Gasteiger partial charge in [-0.25, -0.2) is 0 Å². The van der Waals surface area contributed by atoms with Crippen LogP contribution in [0.1, 0.15) is 27.1 Å². The number of carbonyl (C=O) groups is 3. The smallest absolute Gasteiger partial charge is 0.261 e. The molecule has 0 aliphatic carbocycles. The molecular weight excluding hydrogens is 384 g/mol. The molecule has 1 aliphatic heterocycles. The van der Waals surface area contributed by atoms with Gasteiger partial charge in [0, 0.05) is 31.6 Å². The molecule has 4 rings (SSSR count). The van der Waals surface area contributed by atoms with Crippen molar-refractivity contribution in [1.29, 1.82) is 0 Å². The third-order valence-electron chi connectivity index (χ3n) is 5.11. The van der Waals surface area contributed by atoms with E-state index in [2.05, 4.69) is 10.2 Å². The van der Waals surface area contributed by atoms with Crippen molar-refractivity contribution in [2.75, 3.05) is 25.6 Å². The Morgan fingerprint density at radius 2 is 1.63 bits per heavy atom. The molecule has 0 saturated heterocycles. The van der Waals surface area contributed by atoms with Crippen LogP contribution in [0.3, 0.4) is 0 Å². The van der Waals surface area contributed by atoms with Crippen LogP contribution in [0.2, 0.25) is 0 Å². The Balaban J connectivity index is 1.43. The average Bonchev–Trinajstić information content (AvgIpc) is 3.36. The lowest BCUT2D eigenvalue weighted by atomic mass is 10.1. The Labute approximate surface area is 173 Å². The molecule has 2 heterocycles. The molecule has 0 fully saturated rings. The number of rotatable bonds is 6. The lowest BCUT2D eigenvalue weighted by Crippen LogP contribution is -2.35. The first-order valence-corrected chi connectivity index (χ1v) is 9.42. The van der Waals surface area contributed by atoms with E-state index >= 15 is 0 Å². The number of fused-ring (bicyclic) bond motifs is 1. The normalized spacial score (nSPS) is 12.8. The number of aromatic amines is 1. The number of amides is 3. The highest BCUT2D eigenvalue weighted by molar-refractivity contribution is 6.21. The van der Waals surface area contributed by atoms with Gasteiger partial charge in [0.15, 0.2) is 5.82 Å². The molecule has 0 radical (unpaired) electrons. The number of anilines is 1. The van der Waals surface area contributed by atoms with E-state index in [-0.39, 0.29) is 30.7 Å². The SMILES string of the molecule is COc1ccccc1-c1cc(N(C)C(=O)CCN2C(=O)c3ccccc3C2=O)n[nH]1. The second-order valence-corrected chi connectivity index (χ2v) is 6.85. The van der Waals surface area contributed by atoms with E-state index in [1.807, 2.05) is 24.3 Å².